The molecule has 0 spiro atoms. The predicted molar refractivity (Wildman–Crippen MR) is 157 cm³/mol. The van der Waals surface area contributed by atoms with Crippen LogP contribution in [0.25, 0.3) is 0 Å². The highest BCUT2D eigenvalue weighted by Crippen LogP contribution is 2.30. The molecule has 2 aliphatic rings. The fraction of sp³-hybridized carbons (Fsp3) is 0.968. The normalized spacial score (nSPS) is 33.8. The number of unbranched alkanes of at least 4 members (excludes halogenated alkanes) is 12. The van der Waals surface area contributed by atoms with E-state index >= 15 is 0 Å². The van der Waals surface area contributed by atoms with E-state index in [4.69, 9.17) is 18.9 Å². The minimum atomic E-state index is -1.67. The van der Waals surface area contributed by atoms with Gasteiger partial charge in [0, 0.05) is 6.42 Å². The molecule has 0 aromatic heterocycles. The molecule has 2 rings (SSSR count). The van der Waals surface area contributed by atoms with Gasteiger partial charge in [0.05, 0.1) is 25.4 Å². The summed E-state index contributed by atoms with van der Waals surface area (Å²) in [6.07, 6.45) is 2.31. The second-order valence-corrected chi connectivity index (χ2v) is 12.3. The van der Waals surface area contributed by atoms with Crippen molar-refractivity contribution < 1.29 is 59.5 Å². The van der Waals surface area contributed by atoms with Crippen LogP contribution in [0, 0.1) is 0 Å². The van der Waals surface area contributed by atoms with Gasteiger partial charge < -0.3 is 54.7 Å². The number of hydrogen-bond donors (Lipinski definition) is 7. The highest BCUT2D eigenvalue weighted by Gasteiger charge is 2.50. The Labute approximate surface area is 256 Å². The van der Waals surface area contributed by atoms with Gasteiger partial charge in [-0.3, -0.25) is 4.79 Å². The lowest BCUT2D eigenvalue weighted by atomic mass is 9.95. The number of carbonyl (C=O) groups is 1. The lowest BCUT2D eigenvalue weighted by Crippen LogP contribution is -2.64. The molecule has 6 unspecified atom stereocenters. The van der Waals surface area contributed by atoms with Crippen molar-refractivity contribution >= 4 is 5.97 Å². The summed E-state index contributed by atoms with van der Waals surface area (Å²) in [7, 11) is 0. The number of carbonyl (C=O) groups excluding carboxylic acids is 1. The summed E-state index contributed by atoms with van der Waals surface area (Å²) in [5.74, 6) is -0.563. The van der Waals surface area contributed by atoms with Crippen molar-refractivity contribution in [2.24, 2.45) is 0 Å². The van der Waals surface area contributed by atoms with Crippen LogP contribution >= 0.6 is 0 Å². The Hall–Kier alpha value is -0.930. The van der Waals surface area contributed by atoms with Crippen molar-refractivity contribution in [3.63, 3.8) is 0 Å². The fourth-order valence-corrected chi connectivity index (χ4v) is 5.80. The van der Waals surface area contributed by atoms with Crippen LogP contribution in [0.15, 0.2) is 0 Å². The quantitative estimate of drug-likeness (QED) is 0.0720. The Balaban J connectivity index is 1.60. The molecule has 2 aliphatic heterocycles. The maximum absolute atomic E-state index is 12.5. The molecular weight excluding hydrogens is 564 g/mol. The van der Waals surface area contributed by atoms with Gasteiger partial charge in [-0.2, -0.15) is 0 Å². The van der Waals surface area contributed by atoms with Crippen molar-refractivity contribution in [2.45, 2.75) is 177 Å². The molecule has 0 aromatic carbocycles. The van der Waals surface area contributed by atoms with Crippen molar-refractivity contribution in [1.82, 2.24) is 0 Å². The zero-order valence-corrected chi connectivity index (χ0v) is 26.0. The third kappa shape index (κ3) is 13.1. The SMILES string of the molecule is CC(O)CCCCCCCCCCCCCCCC(=O)O[C@@H]1C(CO)O[C@@H](O[C@@H]2C(C)OC(CO)[C@@H](O)C2O)[C@@H](O)C1O. The van der Waals surface area contributed by atoms with Gasteiger partial charge in [-0.05, 0) is 26.7 Å². The van der Waals surface area contributed by atoms with E-state index in [2.05, 4.69) is 0 Å². The van der Waals surface area contributed by atoms with E-state index in [1.54, 1.807) is 6.92 Å². The summed E-state index contributed by atoms with van der Waals surface area (Å²) < 4.78 is 22.1. The molecule has 254 valence electrons. The fourth-order valence-electron chi connectivity index (χ4n) is 5.80. The molecule has 0 amide bonds. The second-order valence-electron chi connectivity index (χ2n) is 12.3. The standard InChI is InChI=1S/C31H58O12/c1-20(34)16-14-12-10-8-6-4-3-5-7-9-11-13-15-17-24(35)42-30-23(19-33)41-31(28(39)27(30)38)43-29-21(2)40-22(18-32)25(36)26(29)37/h20-23,25-34,36-39H,3-19H2,1-2H3/t20?,21?,22?,23?,25-,26?,27?,28+,29-,30-,31+/m1/s1. The number of esters is 1. The van der Waals surface area contributed by atoms with E-state index in [1.165, 1.54) is 51.4 Å². The van der Waals surface area contributed by atoms with Gasteiger partial charge in [0.1, 0.15) is 42.7 Å². The molecule has 12 heteroatoms. The van der Waals surface area contributed by atoms with Crippen LogP contribution in [0.5, 0.6) is 0 Å². The second kappa shape index (κ2) is 21.0. The summed E-state index contributed by atoms with van der Waals surface area (Å²) in [5, 5.41) is 70.3. The number of aliphatic hydroxyl groups is 7. The van der Waals surface area contributed by atoms with E-state index in [-0.39, 0.29) is 12.5 Å². The van der Waals surface area contributed by atoms with Crippen molar-refractivity contribution in [1.29, 1.82) is 0 Å². The Morgan fingerprint density at radius 2 is 1.16 bits per heavy atom. The molecule has 11 atom stereocenters. The molecule has 0 aromatic rings. The van der Waals surface area contributed by atoms with Crippen LogP contribution < -0.4 is 0 Å². The first-order valence-corrected chi connectivity index (χ1v) is 16.4. The first kappa shape index (κ1) is 38.3. The lowest BCUT2D eigenvalue weighted by Gasteiger charge is -2.46. The van der Waals surface area contributed by atoms with Gasteiger partial charge in [0.2, 0.25) is 0 Å². The van der Waals surface area contributed by atoms with E-state index in [0.29, 0.717) is 6.42 Å². The van der Waals surface area contributed by atoms with Crippen LogP contribution in [-0.2, 0) is 23.7 Å². The molecule has 2 heterocycles. The average molecular weight is 623 g/mol. The van der Waals surface area contributed by atoms with Crippen molar-refractivity contribution in [3.8, 4) is 0 Å². The minimum absolute atomic E-state index is 0.141. The van der Waals surface area contributed by atoms with Gasteiger partial charge in [-0.25, -0.2) is 0 Å². The highest BCUT2D eigenvalue weighted by atomic mass is 16.7. The largest absolute Gasteiger partial charge is 0.457 e. The molecule has 12 nitrogen and oxygen atoms in total. The van der Waals surface area contributed by atoms with E-state index < -0.39 is 80.4 Å². The molecule has 0 bridgehead atoms. The van der Waals surface area contributed by atoms with Crippen molar-refractivity contribution in [3.05, 3.63) is 0 Å². The maximum Gasteiger partial charge on any atom is 0.306 e. The molecule has 2 fully saturated rings. The van der Waals surface area contributed by atoms with E-state index in [0.717, 1.165) is 32.1 Å². The molecule has 43 heavy (non-hydrogen) atoms. The Morgan fingerprint density at radius 3 is 1.67 bits per heavy atom. The van der Waals surface area contributed by atoms with Crippen LogP contribution in [-0.4, -0.2) is 122 Å². The Kier molecular flexibility index (Phi) is 18.7. The topological polar surface area (TPSA) is 196 Å². The van der Waals surface area contributed by atoms with Crippen LogP contribution in [0.4, 0.5) is 0 Å². The van der Waals surface area contributed by atoms with Crippen LogP contribution in [0.2, 0.25) is 0 Å². The average Bonchev–Trinajstić information content (AvgIpc) is 2.98. The van der Waals surface area contributed by atoms with Crippen LogP contribution in [0.1, 0.15) is 110 Å². The third-order valence-electron chi connectivity index (χ3n) is 8.48. The molecule has 0 radical (unpaired) electrons. The summed E-state index contributed by atoms with van der Waals surface area (Å²) >= 11 is 0. The maximum atomic E-state index is 12.5. The van der Waals surface area contributed by atoms with Crippen LogP contribution in [0.3, 0.4) is 0 Å². The molecule has 2 saturated heterocycles. The number of hydrogen-bond acceptors (Lipinski definition) is 12. The summed E-state index contributed by atoms with van der Waals surface area (Å²) in [4.78, 5) is 12.5. The summed E-state index contributed by atoms with van der Waals surface area (Å²) in [5.41, 5.74) is 0. The molecular formula is C31H58O12. The van der Waals surface area contributed by atoms with Gasteiger partial charge in [-0.1, -0.05) is 77.0 Å². The molecule has 0 saturated carbocycles. The monoisotopic (exact) mass is 622 g/mol. The van der Waals surface area contributed by atoms with Gasteiger partial charge in [-0.15, -0.1) is 0 Å². The predicted octanol–water partition coefficient (Wildman–Crippen LogP) is 1.46. The zero-order valence-electron chi connectivity index (χ0n) is 26.0. The van der Waals surface area contributed by atoms with E-state index in [1.807, 2.05) is 6.92 Å². The number of rotatable bonds is 21. The van der Waals surface area contributed by atoms with Gasteiger partial charge >= 0.3 is 5.97 Å². The first-order chi connectivity index (χ1) is 20.6. The Morgan fingerprint density at radius 1 is 0.674 bits per heavy atom. The van der Waals surface area contributed by atoms with Crippen molar-refractivity contribution in [2.75, 3.05) is 13.2 Å². The first-order valence-electron chi connectivity index (χ1n) is 16.4. The summed E-state index contributed by atoms with van der Waals surface area (Å²) in [6.45, 7) is 2.26. The highest BCUT2D eigenvalue weighted by molar-refractivity contribution is 5.69. The smallest absolute Gasteiger partial charge is 0.306 e. The minimum Gasteiger partial charge on any atom is -0.457 e. The van der Waals surface area contributed by atoms with E-state index in [9.17, 15) is 40.5 Å². The number of aliphatic hydroxyl groups excluding tert-OH is 7. The molecule has 0 aliphatic carbocycles. The zero-order chi connectivity index (χ0) is 31.8. The van der Waals surface area contributed by atoms with Gasteiger partial charge in [0.25, 0.3) is 0 Å². The van der Waals surface area contributed by atoms with Gasteiger partial charge in [0.15, 0.2) is 12.4 Å². The number of ether oxygens (including phenoxy) is 4. The molecule has 7 N–H and O–H groups in total. The lowest BCUT2D eigenvalue weighted by molar-refractivity contribution is -0.340. The summed E-state index contributed by atoms with van der Waals surface area (Å²) in [6, 6.07) is 0. The third-order valence-corrected chi connectivity index (χ3v) is 8.48. The Bertz CT molecular complexity index is 738.